The molecule has 0 atom stereocenters. The van der Waals surface area contributed by atoms with E-state index >= 15 is 0 Å². The smallest absolute Gasteiger partial charge is 0.236 e. The van der Waals surface area contributed by atoms with E-state index in [0.717, 1.165) is 32.2 Å². The molecule has 4 aromatic rings. The lowest BCUT2D eigenvalue weighted by atomic mass is 10.1. The van der Waals surface area contributed by atoms with Crippen molar-refractivity contribution in [1.82, 2.24) is 9.97 Å². The number of thiazole rings is 1. The Labute approximate surface area is 170 Å². The lowest BCUT2D eigenvalue weighted by Crippen LogP contribution is -2.14. The van der Waals surface area contributed by atoms with Gasteiger partial charge in [-0.1, -0.05) is 41.3 Å². The third kappa shape index (κ3) is 3.84. The Hall–Kier alpha value is -2.95. The summed E-state index contributed by atoms with van der Waals surface area (Å²) in [6.07, 6.45) is 0. The summed E-state index contributed by atoms with van der Waals surface area (Å²) in [7, 11) is 0. The summed E-state index contributed by atoms with van der Waals surface area (Å²) in [4.78, 5) is 21.4. The number of aryl methyl sites for hydroxylation is 2. The minimum Gasteiger partial charge on any atom is -0.301 e. The summed E-state index contributed by atoms with van der Waals surface area (Å²) >= 11 is 2.71. The molecule has 0 aliphatic rings. The molecular formula is C21H16N4OS2. The summed E-state index contributed by atoms with van der Waals surface area (Å²) in [5, 5.41) is 14.3. The number of hydrogen-bond donors (Lipinski definition) is 1. The maximum absolute atomic E-state index is 12.4. The van der Waals surface area contributed by atoms with Crippen LogP contribution in [0, 0.1) is 25.2 Å². The zero-order chi connectivity index (χ0) is 19.7. The number of carbonyl (C=O) groups excluding carboxylic acids is 1. The molecule has 2 aromatic heterocycles. The number of rotatable bonds is 4. The van der Waals surface area contributed by atoms with Crippen molar-refractivity contribution in [3.05, 3.63) is 59.2 Å². The average Bonchev–Trinajstić information content (AvgIpc) is 3.06. The van der Waals surface area contributed by atoms with Gasteiger partial charge in [0.1, 0.15) is 11.1 Å². The highest BCUT2D eigenvalue weighted by Crippen LogP contribution is 2.28. The first-order chi connectivity index (χ1) is 13.5. The predicted molar refractivity (Wildman–Crippen MR) is 115 cm³/mol. The Morgan fingerprint density at radius 2 is 1.89 bits per heavy atom. The summed E-state index contributed by atoms with van der Waals surface area (Å²) in [6, 6.07) is 15.9. The molecule has 0 aliphatic heterocycles. The van der Waals surface area contributed by atoms with Crippen LogP contribution in [0.1, 0.15) is 16.7 Å². The van der Waals surface area contributed by atoms with Crippen LogP contribution in [-0.4, -0.2) is 21.6 Å². The molecule has 0 aliphatic carbocycles. The minimum atomic E-state index is -0.171. The molecule has 4 rings (SSSR count). The van der Waals surface area contributed by atoms with E-state index in [1.807, 2.05) is 50.2 Å². The molecule has 0 fully saturated rings. The Balaban J connectivity index is 1.50. The van der Waals surface area contributed by atoms with Gasteiger partial charge in [0.2, 0.25) is 5.91 Å². The molecule has 138 valence electrons. The monoisotopic (exact) mass is 404 g/mol. The second-order valence-corrected chi connectivity index (χ2v) is 8.47. The molecule has 0 radical (unpaired) electrons. The van der Waals surface area contributed by atoms with Crippen molar-refractivity contribution < 1.29 is 4.79 Å². The SMILES string of the molecule is Cc1ccc2cc(C#N)c(SCC(=O)Nc3nc4ccc(C)cc4s3)nc2c1. The number of nitriles is 1. The standard InChI is InChI=1S/C21H16N4OS2/c1-12-3-5-14-9-15(10-22)20(23-17(14)7-12)27-11-19(26)25-21-24-16-6-4-13(2)8-18(16)28-21/h3-9H,11H2,1-2H3,(H,24,25,26). The van der Waals surface area contributed by atoms with E-state index in [9.17, 15) is 10.1 Å². The van der Waals surface area contributed by atoms with Gasteiger partial charge in [-0.2, -0.15) is 5.26 Å². The Morgan fingerprint density at radius 1 is 1.11 bits per heavy atom. The van der Waals surface area contributed by atoms with Crippen LogP contribution >= 0.6 is 23.1 Å². The van der Waals surface area contributed by atoms with Crippen molar-refractivity contribution in [2.24, 2.45) is 0 Å². The zero-order valence-electron chi connectivity index (χ0n) is 15.3. The van der Waals surface area contributed by atoms with Crippen molar-refractivity contribution in [2.75, 3.05) is 11.1 Å². The van der Waals surface area contributed by atoms with Gasteiger partial charge in [0, 0.05) is 5.39 Å². The molecular weight excluding hydrogens is 388 g/mol. The van der Waals surface area contributed by atoms with E-state index in [2.05, 4.69) is 27.4 Å². The van der Waals surface area contributed by atoms with Gasteiger partial charge in [-0.15, -0.1) is 0 Å². The van der Waals surface area contributed by atoms with Crippen LogP contribution < -0.4 is 5.32 Å². The molecule has 0 unspecified atom stereocenters. The van der Waals surface area contributed by atoms with E-state index < -0.39 is 0 Å². The highest BCUT2D eigenvalue weighted by Gasteiger charge is 2.12. The molecule has 2 aromatic carbocycles. The molecule has 1 N–H and O–H groups in total. The number of hydrogen-bond acceptors (Lipinski definition) is 6. The summed E-state index contributed by atoms with van der Waals surface area (Å²) in [5.41, 5.74) is 4.43. The van der Waals surface area contributed by atoms with Gasteiger partial charge in [0.25, 0.3) is 0 Å². The lowest BCUT2D eigenvalue weighted by molar-refractivity contribution is -0.113. The van der Waals surface area contributed by atoms with Gasteiger partial charge in [-0.05, 0) is 49.2 Å². The largest absolute Gasteiger partial charge is 0.301 e. The first kappa shape index (κ1) is 18.4. The molecule has 5 nitrogen and oxygen atoms in total. The molecule has 28 heavy (non-hydrogen) atoms. The highest BCUT2D eigenvalue weighted by molar-refractivity contribution is 8.00. The number of aromatic nitrogens is 2. The summed E-state index contributed by atoms with van der Waals surface area (Å²) in [5.74, 6) is -0.00988. The van der Waals surface area contributed by atoms with Crippen LogP contribution in [0.4, 0.5) is 5.13 Å². The third-order valence-electron chi connectivity index (χ3n) is 4.19. The number of anilines is 1. The van der Waals surface area contributed by atoms with E-state index in [-0.39, 0.29) is 11.7 Å². The van der Waals surface area contributed by atoms with Gasteiger partial charge in [-0.25, -0.2) is 9.97 Å². The second kappa shape index (κ2) is 7.58. The first-order valence-corrected chi connectivity index (χ1v) is 10.4. The number of fused-ring (bicyclic) bond motifs is 2. The van der Waals surface area contributed by atoms with Crippen LogP contribution in [0.15, 0.2) is 47.5 Å². The van der Waals surface area contributed by atoms with E-state index in [1.165, 1.54) is 23.1 Å². The van der Waals surface area contributed by atoms with Crippen LogP contribution in [0.2, 0.25) is 0 Å². The molecule has 0 saturated heterocycles. The van der Waals surface area contributed by atoms with Crippen molar-refractivity contribution in [3.8, 4) is 6.07 Å². The topological polar surface area (TPSA) is 78.7 Å². The Bertz CT molecular complexity index is 1260. The quantitative estimate of drug-likeness (QED) is 0.481. The van der Waals surface area contributed by atoms with Crippen LogP contribution in [0.25, 0.3) is 21.1 Å². The molecule has 0 spiro atoms. The van der Waals surface area contributed by atoms with E-state index in [4.69, 9.17) is 0 Å². The number of benzene rings is 2. The van der Waals surface area contributed by atoms with E-state index in [0.29, 0.717) is 15.7 Å². The third-order valence-corrected chi connectivity index (χ3v) is 6.11. The molecule has 2 heterocycles. The van der Waals surface area contributed by atoms with Crippen molar-refractivity contribution in [2.45, 2.75) is 18.9 Å². The van der Waals surface area contributed by atoms with Gasteiger partial charge in [0.05, 0.1) is 27.0 Å². The van der Waals surface area contributed by atoms with Crippen LogP contribution in [-0.2, 0) is 4.79 Å². The minimum absolute atomic E-state index is 0.161. The molecule has 0 saturated carbocycles. The van der Waals surface area contributed by atoms with E-state index in [1.54, 1.807) is 0 Å². The van der Waals surface area contributed by atoms with Gasteiger partial charge in [0.15, 0.2) is 5.13 Å². The average molecular weight is 405 g/mol. The fourth-order valence-electron chi connectivity index (χ4n) is 2.82. The maximum atomic E-state index is 12.4. The number of pyridine rings is 1. The van der Waals surface area contributed by atoms with Crippen LogP contribution in [0.3, 0.4) is 0 Å². The normalized spacial score (nSPS) is 10.9. The summed E-state index contributed by atoms with van der Waals surface area (Å²) in [6.45, 7) is 4.03. The van der Waals surface area contributed by atoms with Gasteiger partial charge in [-0.3, -0.25) is 4.79 Å². The second-order valence-electron chi connectivity index (χ2n) is 6.48. The molecule has 0 bridgehead atoms. The summed E-state index contributed by atoms with van der Waals surface area (Å²) < 4.78 is 1.04. The van der Waals surface area contributed by atoms with Crippen molar-refractivity contribution in [3.63, 3.8) is 0 Å². The van der Waals surface area contributed by atoms with Gasteiger partial charge >= 0.3 is 0 Å². The highest BCUT2D eigenvalue weighted by atomic mass is 32.2. The zero-order valence-corrected chi connectivity index (χ0v) is 16.9. The number of amides is 1. The lowest BCUT2D eigenvalue weighted by Gasteiger charge is -2.06. The number of nitrogens with zero attached hydrogens (tertiary/aromatic N) is 3. The van der Waals surface area contributed by atoms with Crippen molar-refractivity contribution in [1.29, 1.82) is 5.26 Å². The van der Waals surface area contributed by atoms with Gasteiger partial charge < -0.3 is 5.32 Å². The maximum Gasteiger partial charge on any atom is 0.236 e. The van der Waals surface area contributed by atoms with Crippen LogP contribution in [0.5, 0.6) is 0 Å². The molecule has 7 heteroatoms. The number of carbonyl (C=O) groups is 1. The fraction of sp³-hybridized carbons (Fsp3) is 0.143. The first-order valence-electron chi connectivity index (χ1n) is 8.63. The fourth-order valence-corrected chi connectivity index (χ4v) is 4.57. The predicted octanol–water partition coefficient (Wildman–Crippen LogP) is 5.06. The number of nitrogens with one attached hydrogen (secondary N) is 1. The molecule has 1 amide bonds. The number of thioether (sulfide) groups is 1. The van der Waals surface area contributed by atoms with Crippen molar-refractivity contribution >= 4 is 55.3 Å². The Kier molecular flexibility index (Phi) is 4.99. The Morgan fingerprint density at radius 3 is 2.71 bits per heavy atom.